The average molecular weight is 447 g/mol. The number of nitrogens with zero attached hydrogens (tertiary/aromatic N) is 4. The van der Waals surface area contributed by atoms with E-state index in [-0.39, 0.29) is 17.5 Å². The number of thioether (sulfide) groups is 1. The Bertz CT molecular complexity index is 1160. The summed E-state index contributed by atoms with van der Waals surface area (Å²) in [5.41, 5.74) is 2.72. The van der Waals surface area contributed by atoms with E-state index >= 15 is 0 Å². The molecule has 0 fully saturated rings. The Morgan fingerprint density at radius 3 is 2.25 bits per heavy atom. The number of benzene rings is 3. The normalized spacial score (nSPS) is 10.8. The molecular weight excluding hydrogens is 423 g/mol. The predicted molar refractivity (Wildman–Crippen MR) is 125 cm³/mol. The first-order valence-electron chi connectivity index (χ1n) is 10.4. The number of para-hydroxylation sites is 1. The number of halogens is 1. The van der Waals surface area contributed by atoms with Crippen molar-refractivity contribution in [1.82, 2.24) is 19.7 Å². The van der Waals surface area contributed by atoms with Gasteiger partial charge in [-0.1, -0.05) is 60.3 Å². The third kappa shape index (κ3) is 5.06. The molecule has 5 nitrogen and oxygen atoms in total. The van der Waals surface area contributed by atoms with Crippen molar-refractivity contribution in [1.29, 1.82) is 0 Å². The van der Waals surface area contributed by atoms with Gasteiger partial charge in [-0.3, -0.25) is 9.36 Å². The van der Waals surface area contributed by atoms with Crippen molar-refractivity contribution in [3.05, 3.63) is 96.3 Å². The third-order valence-electron chi connectivity index (χ3n) is 5.03. The lowest BCUT2D eigenvalue weighted by molar-refractivity contribution is -0.128. The van der Waals surface area contributed by atoms with Gasteiger partial charge in [-0.05, 0) is 48.9 Å². The Kier molecular flexibility index (Phi) is 6.97. The van der Waals surface area contributed by atoms with Crippen molar-refractivity contribution >= 4 is 17.7 Å². The Morgan fingerprint density at radius 1 is 0.938 bits per heavy atom. The molecule has 0 aliphatic carbocycles. The van der Waals surface area contributed by atoms with E-state index in [1.165, 1.54) is 23.9 Å². The van der Waals surface area contributed by atoms with Gasteiger partial charge in [0.1, 0.15) is 5.82 Å². The van der Waals surface area contributed by atoms with E-state index in [1.54, 1.807) is 12.1 Å². The minimum absolute atomic E-state index is 0.0345. The lowest BCUT2D eigenvalue weighted by Gasteiger charge is -2.21. The molecule has 0 atom stereocenters. The topological polar surface area (TPSA) is 51.0 Å². The van der Waals surface area contributed by atoms with Crippen LogP contribution in [0.4, 0.5) is 4.39 Å². The van der Waals surface area contributed by atoms with Crippen LogP contribution in [0.25, 0.3) is 17.1 Å². The fourth-order valence-electron chi connectivity index (χ4n) is 3.36. The lowest BCUT2D eigenvalue weighted by Crippen LogP contribution is -2.31. The largest absolute Gasteiger partial charge is 0.338 e. The maximum absolute atomic E-state index is 13.4. The van der Waals surface area contributed by atoms with Crippen LogP contribution in [0.2, 0.25) is 0 Å². The molecule has 0 N–H and O–H groups in total. The van der Waals surface area contributed by atoms with Crippen LogP contribution in [0.15, 0.2) is 90.1 Å². The maximum Gasteiger partial charge on any atom is 0.233 e. The summed E-state index contributed by atoms with van der Waals surface area (Å²) in [7, 11) is 0. The molecule has 0 spiro atoms. The van der Waals surface area contributed by atoms with Crippen LogP contribution < -0.4 is 0 Å². The summed E-state index contributed by atoms with van der Waals surface area (Å²) in [6.07, 6.45) is 0. The monoisotopic (exact) mass is 446 g/mol. The highest BCUT2D eigenvalue weighted by Crippen LogP contribution is 2.28. The van der Waals surface area contributed by atoms with Crippen LogP contribution >= 0.6 is 11.8 Å². The Balaban J connectivity index is 1.57. The predicted octanol–water partition coefficient (Wildman–Crippen LogP) is 5.21. The molecule has 0 aliphatic heterocycles. The molecule has 0 saturated heterocycles. The summed E-state index contributed by atoms with van der Waals surface area (Å²) >= 11 is 1.35. The molecule has 0 radical (unpaired) electrons. The third-order valence-corrected chi connectivity index (χ3v) is 5.94. The summed E-state index contributed by atoms with van der Waals surface area (Å²) in [5, 5.41) is 9.30. The minimum atomic E-state index is -0.308. The second kappa shape index (κ2) is 10.2. The number of rotatable bonds is 8. The molecular formula is C25H23FN4OS. The number of carbonyl (C=O) groups excluding carboxylic acids is 1. The van der Waals surface area contributed by atoms with Gasteiger partial charge in [0, 0.05) is 24.3 Å². The highest BCUT2D eigenvalue weighted by Gasteiger charge is 2.19. The van der Waals surface area contributed by atoms with E-state index < -0.39 is 0 Å². The summed E-state index contributed by atoms with van der Waals surface area (Å²) in [4.78, 5) is 14.7. The van der Waals surface area contributed by atoms with Crippen molar-refractivity contribution in [3.63, 3.8) is 0 Å². The first-order chi connectivity index (χ1) is 15.7. The van der Waals surface area contributed by atoms with Gasteiger partial charge in [0.15, 0.2) is 11.0 Å². The van der Waals surface area contributed by atoms with Gasteiger partial charge in [0.25, 0.3) is 0 Å². The zero-order valence-corrected chi connectivity index (χ0v) is 18.5. The molecule has 0 bridgehead atoms. The highest BCUT2D eigenvalue weighted by molar-refractivity contribution is 7.99. The molecule has 4 rings (SSSR count). The standard InChI is InChI=1S/C25H23FN4OS/c1-2-29(17-19-9-5-3-6-10-19)23(31)18-32-25-28-27-24(20-13-15-21(26)16-14-20)30(25)22-11-7-4-8-12-22/h3-16H,2,17-18H2,1H3. The second-order valence-electron chi connectivity index (χ2n) is 7.17. The van der Waals surface area contributed by atoms with Gasteiger partial charge in [0.2, 0.25) is 5.91 Å². The molecule has 0 saturated carbocycles. The van der Waals surface area contributed by atoms with Gasteiger partial charge in [-0.2, -0.15) is 0 Å². The lowest BCUT2D eigenvalue weighted by atomic mass is 10.2. The van der Waals surface area contributed by atoms with Crippen molar-refractivity contribution < 1.29 is 9.18 Å². The Hall–Kier alpha value is -3.45. The molecule has 1 amide bonds. The average Bonchev–Trinajstić information content (AvgIpc) is 3.26. The van der Waals surface area contributed by atoms with E-state index in [1.807, 2.05) is 77.1 Å². The highest BCUT2D eigenvalue weighted by atomic mass is 32.2. The number of aromatic nitrogens is 3. The first-order valence-corrected chi connectivity index (χ1v) is 11.4. The fraction of sp³-hybridized carbons (Fsp3) is 0.160. The second-order valence-corrected chi connectivity index (χ2v) is 8.11. The van der Waals surface area contributed by atoms with Gasteiger partial charge in [0.05, 0.1) is 5.75 Å². The molecule has 7 heteroatoms. The molecule has 4 aromatic rings. The maximum atomic E-state index is 13.4. The van der Waals surface area contributed by atoms with Crippen LogP contribution in [0.1, 0.15) is 12.5 Å². The molecule has 1 aromatic heterocycles. The zero-order chi connectivity index (χ0) is 22.3. The number of amides is 1. The summed E-state index contributed by atoms with van der Waals surface area (Å²) < 4.78 is 15.3. The van der Waals surface area contributed by atoms with Crippen LogP contribution in [0.3, 0.4) is 0 Å². The van der Waals surface area contributed by atoms with Crippen LogP contribution in [-0.4, -0.2) is 37.9 Å². The van der Waals surface area contributed by atoms with Crippen LogP contribution in [0.5, 0.6) is 0 Å². The first kappa shape index (κ1) is 21.8. The quantitative estimate of drug-likeness (QED) is 0.349. The van der Waals surface area contributed by atoms with Crippen molar-refractivity contribution in [2.45, 2.75) is 18.6 Å². The zero-order valence-electron chi connectivity index (χ0n) is 17.7. The summed E-state index contributed by atoms with van der Waals surface area (Å²) in [5.74, 6) is 0.572. The van der Waals surface area contributed by atoms with E-state index in [9.17, 15) is 9.18 Å². The van der Waals surface area contributed by atoms with E-state index in [0.29, 0.717) is 24.1 Å². The van der Waals surface area contributed by atoms with E-state index in [2.05, 4.69) is 10.2 Å². The molecule has 0 aliphatic rings. The molecule has 0 unspecified atom stereocenters. The molecule has 162 valence electrons. The molecule has 1 heterocycles. The SMILES string of the molecule is CCN(Cc1ccccc1)C(=O)CSc1nnc(-c2ccc(F)cc2)n1-c1ccccc1. The number of carbonyl (C=O) groups is 1. The van der Waals surface area contributed by atoms with Crippen molar-refractivity contribution in [2.24, 2.45) is 0 Å². The minimum Gasteiger partial charge on any atom is -0.338 e. The van der Waals surface area contributed by atoms with E-state index in [4.69, 9.17) is 0 Å². The number of hydrogen-bond acceptors (Lipinski definition) is 4. The summed E-state index contributed by atoms with van der Waals surface area (Å²) in [6.45, 7) is 3.17. The Labute approximate surface area is 190 Å². The smallest absolute Gasteiger partial charge is 0.233 e. The summed E-state index contributed by atoms with van der Waals surface area (Å²) in [6, 6.07) is 25.8. The van der Waals surface area contributed by atoms with Gasteiger partial charge < -0.3 is 4.90 Å². The fourth-order valence-corrected chi connectivity index (χ4v) is 4.21. The van der Waals surface area contributed by atoms with Gasteiger partial charge in [-0.25, -0.2) is 4.39 Å². The van der Waals surface area contributed by atoms with Crippen molar-refractivity contribution in [3.8, 4) is 17.1 Å². The van der Waals surface area contributed by atoms with Crippen LogP contribution in [-0.2, 0) is 11.3 Å². The molecule has 32 heavy (non-hydrogen) atoms. The Morgan fingerprint density at radius 2 is 1.59 bits per heavy atom. The van der Waals surface area contributed by atoms with E-state index in [0.717, 1.165) is 16.8 Å². The van der Waals surface area contributed by atoms with Crippen molar-refractivity contribution in [2.75, 3.05) is 12.3 Å². The number of hydrogen-bond donors (Lipinski definition) is 0. The molecule has 3 aromatic carbocycles. The van der Waals surface area contributed by atoms with Gasteiger partial charge in [-0.15, -0.1) is 10.2 Å². The van der Waals surface area contributed by atoms with Crippen LogP contribution in [0, 0.1) is 5.82 Å². The van der Waals surface area contributed by atoms with Gasteiger partial charge >= 0.3 is 0 Å².